The molecule has 42 valence electrons. The number of hydrogen-bond acceptors (Lipinski definition) is 1. The summed E-state index contributed by atoms with van der Waals surface area (Å²) in [5.74, 6) is 1.02. The van der Waals surface area contributed by atoms with E-state index in [-0.39, 0.29) is 0 Å². The van der Waals surface area contributed by atoms with Crippen molar-refractivity contribution in [2.45, 2.75) is 19.3 Å². The van der Waals surface area contributed by atoms with Gasteiger partial charge in [0.1, 0.15) is 0 Å². The SMILES string of the molecule is CNCC1CCC1. The number of rotatable bonds is 2. The van der Waals surface area contributed by atoms with Crippen molar-refractivity contribution in [3.8, 4) is 0 Å². The molecule has 0 aromatic heterocycles. The normalized spacial score (nSPS) is 21.9. The van der Waals surface area contributed by atoms with Crippen LogP contribution in [0.1, 0.15) is 19.3 Å². The number of nitrogens with one attached hydrogen (secondary N) is 1. The van der Waals surface area contributed by atoms with Crippen LogP contribution in [-0.4, -0.2) is 13.6 Å². The molecule has 0 amide bonds. The molecule has 1 fully saturated rings. The van der Waals surface area contributed by atoms with Crippen LogP contribution in [0.25, 0.3) is 0 Å². The molecule has 0 unspecified atom stereocenters. The zero-order chi connectivity index (χ0) is 5.11. The van der Waals surface area contributed by atoms with Crippen LogP contribution in [0.5, 0.6) is 0 Å². The fraction of sp³-hybridized carbons (Fsp3) is 1.00. The Labute approximate surface area is 45.1 Å². The van der Waals surface area contributed by atoms with E-state index in [0.29, 0.717) is 0 Å². The zero-order valence-corrected chi connectivity index (χ0v) is 4.91. The van der Waals surface area contributed by atoms with Crippen LogP contribution in [0.3, 0.4) is 0 Å². The molecule has 0 heterocycles. The first-order chi connectivity index (χ1) is 3.43. The first-order valence-electron chi connectivity index (χ1n) is 3.08. The van der Waals surface area contributed by atoms with E-state index in [1.807, 2.05) is 7.05 Å². The summed E-state index contributed by atoms with van der Waals surface area (Å²) in [6, 6.07) is 0. The quantitative estimate of drug-likeness (QED) is 0.544. The molecular formula is C6H13N. The highest BCUT2D eigenvalue weighted by Gasteiger charge is 2.14. The number of hydrogen-bond donors (Lipinski definition) is 1. The maximum atomic E-state index is 3.17. The molecule has 1 aliphatic carbocycles. The molecule has 0 saturated heterocycles. The molecule has 0 radical (unpaired) electrons. The van der Waals surface area contributed by atoms with Crippen molar-refractivity contribution in [3.05, 3.63) is 0 Å². The first-order valence-corrected chi connectivity index (χ1v) is 3.08. The molecule has 0 bridgehead atoms. The second-order valence-electron chi connectivity index (χ2n) is 2.35. The Morgan fingerprint density at radius 2 is 2.29 bits per heavy atom. The maximum absolute atomic E-state index is 3.17. The van der Waals surface area contributed by atoms with Crippen LogP contribution >= 0.6 is 0 Å². The topological polar surface area (TPSA) is 12.0 Å². The van der Waals surface area contributed by atoms with Gasteiger partial charge in [-0.3, -0.25) is 0 Å². The fourth-order valence-corrected chi connectivity index (χ4v) is 0.986. The highest BCUT2D eigenvalue weighted by atomic mass is 14.8. The minimum absolute atomic E-state index is 1.02. The molecule has 0 aromatic rings. The van der Waals surface area contributed by atoms with Crippen LogP contribution in [0.15, 0.2) is 0 Å². The second kappa shape index (κ2) is 2.31. The maximum Gasteiger partial charge on any atom is -0.00235 e. The van der Waals surface area contributed by atoms with E-state index in [1.54, 1.807) is 0 Å². The van der Waals surface area contributed by atoms with Gasteiger partial charge in [-0.25, -0.2) is 0 Å². The minimum Gasteiger partial charge on any atom is -0.319 e. The van der Waals surface area contributed by atoms with Gasteiger partial charge >= 0.3 is 0 Å². The predicted molar refractivity (Wildman–Crippen MR) is 31.3 cm³/mol. The molecule has 0 aromatic carbocycles. The summed E-state index contributed by atoms with van der Waals surface area (Å²) >= 11 is 0. The van der Waals surface area contributed by atoms with Crippen molar-refractivity contribution >= 4 is 0 Å². The third-order valence-electron chi connectivity index (χ3n) is 1.72. The predicted octanol–water partition coefficient (Wildman–Crippen LogP) is 1.01. The van der Waals surface area contributed by atoms with E-state index in [0.717, 1.165) is 5.92 Å². The van der Waals surface area contributed by atoms with Crippen LogP contribution in [0, 0.1) is 5.92 Å². The molecule has 7 heavy (non-hydrogen) atoms. The van der Waals surface area contributed by atoms with Gasteiger partial charge in [0.25, 0.3) is 0 Å². The average Bonchev–Trinajstić information content (AvgIpc) is 1.55. The molecular weight excluding hydrogens is 86.1 g/mol. The lowest BCUT2D eigenvalue weighted by Crippen LogP contribution is -2.24. The zero-order valence-electron chi connectivity index (χ0n) is 4.91. The highest BCUT2D eigenvalue weighted by Crippen LogP contribution is 2.24. The molecule has 1 aliphatic rings. The average molecular weight is 99.2 g/mol. The largest absolute Gasteiger partial charge is 0.319 e. The Morgan fingerprint density at radius 3 is 2.43 bits per heavy atom. The van der Waals surface area contributed by atoms with E-state index in [4.69, 9.17) is 0 Å². The summed E-state index contributed by atoms with van der Waals surface area (Å²) in [5, 5.41) is 3.17. The molecule has 0 spiro atoms. The van der Waals surface area contributed by atoms with Gasteiger partial charge in [-0.1, -0.05) is 6.42 Å². The Kier molecular flexibility index (Phi) is 1.69. The van der Waals surface area contributed by atoms with Crippen molar-refractivity contribution in [3.63, 3.8) is 0 Å². The third kappa shape index (κ3) is 1.16. The van der Waals surface area contributed by atoms with Gasteiger partial charge in [0.2, 0.25) is 0 Å². The van der Waals surface area contributed by atoms with Gasteiger partial charge in [0, 0.05) is 0 Å². The molecule has 1 N–H and O–H groups in total. The summed E-state index contributed by atoms with van der Waals surface area (Å²) in [7, 11) is 2.03. The van der Waals surface area contributed by atoms with Gasteiger partial charge in [0.15, 0.2) is 0 Å². The van der Waals surface area contributed by atoms with Crippen LogP contribution in [0.2, 0.25) is 0 Å². The van der Waals surface area contributed by atoms with Crippen LogP contribution < -0.4 is 5.32 Å². The highest BCUT2D eigenvalue weighted by molar-refractivity contribution is 4.70. The van der Waals surface area contributed by atoms with E-state index in [1.165, 1.54) is 25.8 Å². The lowest BCUT2D eigenvalue weighted by atomic mass is 9.86. The van der Waals surface area contributed by atoms with Crippen LogP contribution in [0.4, 0.5) is 0 Å². The van der Waals surface area contributed by atoms with Gasteiger partial charge < -0.3 is 5.32 Å². The fourth-order valence-electron chi connectivity index (χ4n) is 0.986. The molecule has 1 nitrogen and oxygen atoms in total. The van der Waals surface area contributed by atoms with Crippen molar-refractivity contribution in [1.29, 1.82) is 0 Å². The Morgan fingerprint density at radius 1 is 1.57 bits per heavy atom. The summed E-state index contributed by atoms with van der Waals surface area (Å²) in [6.07, 6.45) is 4.38. The Bertz CT molecular complexity index is 48.1. The summed E-state index contributed by atoms with van der Waals surface area (Å²) in [4.78, 5) is 0. The molecule has 1 heteroatoms. The van der Waals surface area contributed by atoms with E-state index >= 15 is 0 Å². The minimum atomic E-state index is 1.02. The van der Waals surface area contributed by atoms with Crippen molar-refractivity contribution < 1.29 is 0 Å². The van der Waals surface area contributed by atoms with Gasteiger partial charge in [0.05, 0.1) is 0 Å². The van der Waals surface area contributed by atoms with Crippen molar-refractivity contribution in [2.75, 3.05) is 13.6 Å². The molecule has 0 atom stereocenters. The monoisotopic (exact) mass is 99.1 g/mol. The standard InChI is InChI=1S/C6H13N/c1-7-5-6-3-2-4-6/h6-7H,2-5H2,1H3. The summed E-state index contributed by atoms with van der Waals surface area (Å²) < 4.78 is 0. The van der Waals surface area contributed by atoms with E-state index < -0.39 is 0 Å². The molecule has 0 aliphatic heterocycles. The van der Waals surface area contributed by atoms with Gasteiger partial charge in [-0.2, -0.15) is 0 Å². The summed E-state index contributed by atoms with van der Waals surface area (Å²) in [6.45, 7) is 1.24. The van der Waals surface area contributed by atoms with Gasteiger partial charge in [-0.05, 0) is 32.4 Å². The Balaban J connectivity index is 1.93. The van der Waals surface area contributed by atoms with Crippen LogP contribution in [-0.2, 0) is 0 Å². The molecule has 1 rings (SSSR count). The second-order valence-corrected chi connectivity index (χ2v) is 2.35. The van der Waals surface area contributed by atoms with Crippen molar-refractivity contribution in [2.24, 2.45) is 5.92 Å². The van der Waals surface area contributed by atoms with Gasteiger partial charge in [-0.15, -0.1) is 0 Å². The smallest absolute Gasteiger partial charge is 0.00235 e. The van der Waals surface area contributed by atoms with E-state index in [9.17, 15) is 0 Å². The molecule has 1 saturated carbocycles. The van der Waals surface area contributed by atoms with Crippen molar-refractivity contribution in [1.82, 2.24) is 5.32 Å². The summed E-state index contributed by atoms with van der Waals surface area (Å²) in [5.41, 5.74) is 0. The lowest BCUT2D eigenvalue weighted by Gasteiger charge is -2.24. The van der Waals surface area contributed by atoms with E-state index in [2.05, 4.69) is 5.32 Å². The lowest BCUT2D eigenvalue weighted by molar-refractivity contribution is 0.309. The first kappa shape index (κ1) is 5.10. The third-order valence-corrected chi connectivity index (χ3v) is 1.72. The Hall–Kier alpha value is -0.0400.